The fourth-order valence-electron chi connectivity index (χ4n) is 1.37. The van der Waals surface area contributed by atoms with Crippen molar-refractivity contribution < 1.29 is 9.53 Å². The summed E-state index contributed by atoms with van der Waals surface area (Å²) in [5.41, 5.74) is 5.27. The lowest BCUT2D eigenvalue weighted by atomic mass is 10.2. The normalized spacial score (nSPS) is 14.7. The number of carbonyl (C=O) groups excluding carboxylic acids is 1. The van der Waals surface area contributed by atoms with Crippen LogP contribution in [0, 0.1) is 0 Å². The number of primary amides is 1. The Kier molecular flexibility index (Phi) is 5.40. The second kappa shape index (κ2) is 6.34. The zero-order valence-corrected chi connectivity index (χ0v) is 11.6. The van der Waals surface area contributed by atoms with E-state index < -0.39 is 11.9 Å². The highest BCUT2D eigenvalue weighted by Crippen LogP contribution is 2.28. The average Bonchev–Trinajstić information content (AvgIpc) is 2.63. The smallest absolute Gasteiger partial charge is 0.236 e. The molecule has 0 radical (unpaired) electrons. The monoisotopic (exact) mass is 306 g/mol. The average molecular weight is 307 g/mol. The predicted octanol–water partition coefficient (Wildman–Crippen LogP) is 1.66. The predicted molar refractivity (Wildman–Crippen MR) is 68.4 cm³/mol. The van der Waals surface area contributed by atoms with E-state index in [0.29, 0.717) is 0 Å². The van der Waals surface area contributed by atoms with Crippen molar-refractivity contribution in [2.45, 2.75) is 19.0 Å². The lowest BCUT2D eigenvalue weighted by Gasteiger charge is -2.19. The van der Waals surface area contributed by atoms with Crippen LogP contribution in [0.25, 0.3) is 0 Å². The summed E-state index contributed by atoms with van der Waals surface area (Å²) in [6, 6.07) is 1.57. The number of hydrogen-bond acceptors (Lipinski definition) is 4. The van der Waals surface area contributed by atoms with Crippen LogP contribution in [-0.2, 0) is 9.53 Å². The van der Waals surface area contributed by atoms with Gasteiger partial charge in [-0.1, -0.05) is 0 Å². The van der Waals surface area contributed by atoms with Crippen molar-refractivity contribution in [1.29, 1.82) is 0 Å². The minimum Gasteiger partial charge on any atom is -0.383 e. The Morgan fingerprint density at radius 2 is 2.44 bits per heavy atom. The highest BCUT2D eigenvalue weighted by molar-refractivity contribution is 9.10. The summed E-state index contributed by atoms with van der Waals surface area (Å²) in [4.78, 5) is 12.3. The molecule has 0 bridgehead atoms. The van der Waals surface area contributed by atoms with Crippen molar-refractivity contribution in [1.82, 2.24) is 5.32 Å². The van der Waals surface area contributed by atoms with E-state index in [9.17, 15) is 4.79 Å². The van der Waals surface area contributed by atoms with Gasteiger partial charge < -0.3 is 10.5 Å². The number of methoxy groups -OCH3 is 1. The van der Waals surface area contributed by atoms with E-state index in [-0.39, 0.29) is 12.6 Å². The van der Waals surface area contributed by atoms with E-state index in [0.717, 1.165) is 9.35 Å². The number of amides is 1. The van der Waals surface area contributed by atoms with Gasteiger partial charge >= 0.3 is 0 Å². The third-order valence-corrected chi connectivity index (χ3v) is 4.22. The highest BCUT2D eigenvalue weighted by atomic mass is 79.9. The molecule has 0 spiro atoms. The van der Waals surface area contributed by atoms with E-state index in [1.165, 1.54) is 0 Å². The maximum atomic E-state index is 11.2. The van der Waals surface area contributed by atoms with Crippen LogP contribution in [0.2, 0.25) is 0 Å². The molecule has 1 aromatic heterocycles. The van der Waals surface area contributed by atoms with E-state index in [1.807, 2.05) is 18.4 Å². The van der Waals surface area contributed by atoms with Gasteiger partial charge in [0.1, 0.15) is 6.04 Å². The highest BCUT2D eigenvalue weighted by Gasteiger charge is 2.20. The summed E-state index contributed by atoms with van der Waals surface area (Å²) >= 11 is 5.08. The van der Waals surface area contributed by atoms with Gasteiger partial charge in [0.2, 0.25) is 5.91 Å². The van der Waals surface area contributed by atoms with Gasteiger partial charge in [-0.3, -0.25) is 10.1 Å². The largest absolute Gasteiger partial charge is 0.383 e. The molecule has 1 aromatic rings. The molecule has 1 rings (SSSR count). The molecular formula is C10H15BrN2O2S. The Morgan fingerprint density at radius 3 is 2.88 bits per heavy atom. The van der Waals surface area contributed by atoms with E-state index >= 15 is 0 Å². The van der Waals surface area contributed by atoms with E-state index in [4.69, 9.17) is 10.5 Å². The number of hydrogen-bond donors (Lipinski definition) is 2. The Balaban J connectivity index is 2.65. The van der Waals surface area contributed by atoms with Gasteiger partial charge in [0, 0.05) is 22.5 Å². The second-order valence-electron chi connectivity index (χ2n) is 3.43. The van der Waals surface area contributed by atoms with Crippen molar-refractivity contribution in [3.8, 4) is 0 Å². The number of rotatable bonds is 6. The molecule has 1 amide bonds. The lowest BCUT2D eigenvalue weighted by Crippen LogP contribution is -2.45. The summed E-state index contributed by atoms with van der Waals surface area (Å²) in [6.07, 6.45) is 0. The molecule has 6 heteroatoms. The third kappa shape index (κ3) is 3.55. The quantitative estimate of drug-likeness (QED) is 0.840. The molecule has 90 valence electrons. The fraction of sp³-hybridized carbons (Fsp3) is 0.500. The van der Waals surface area contributed by atoms with E-state index in [2.05, 4.69) is 21.2 Å². The zero-order valence-electron chi connectivity index (χ0n) is 9.20. The summed E-state index contributed by atoms with van der Waals surface area (Å²) in [5, 5.41) is 5.13. The van der Waals surface area contributed by atoms with Gasteiger partial charge in [0.25, 0.3) is 0 Å². The minimum atomic E-state index is -0.464. The fourth-order valence-corrected chi connectivity index (χ4v) is 3.11. The van der Waals surface area contributed by atoms with Crippen molar-refractivity contribution >= 4 is 33.2 Å². The third-order valence-electron chi connectivity index (χ3n) is 2.17. The van der Waals surface area contributed by atoms with Gasteiger partial charge in [-0.2, -0.15) is 0 Å². The standard InChI is InChI=1S/C10H15BrN2O2S/c1-6(9-7(11)3-4-16-9)13-8(5-15-2)10(12)14/h3-4,6,8,13H,5H2,1-2H3,(H2,12,14). The first-order chi connectivity index (χ1) is 7.56. The van der Waals surface area contributed by atoms with Crippen LogP contribution in [0.15, 0.2) is 15.9 Å². The van der Waals surface area contributed by atoms with Crippen molar-refractivity contribution in [3.63, 3.8) is 0 Å². The maximum Gasteiger partial charge on any atom is 0.236 e. The van der Waals surface area contributed by atoms with Crippen LogP contribution >= 0.6 is 27.3 Å². The first-order valence-electron chi connectivity index (χ1n) is 4.83. The molecule has 1 heterocycles. The Bertz CT molecular complexity index is 356. The number of nitrogens with two attached hydrogens (primary N) is 1. The Hall–Kier alpha value is -0.430. The summed E-state index contributed by atoms with van der Waals surface area (Å²) in [7, 11) is 1.54. The minimum absolute atomic E-state index is 0.0574. The SMILES string of the molecule is COCC(NC(C)c1sccc1Br)C(N)=O. The van der Waals surface area contributed by atoms with Gasteiger partial charge in [-0.25, -0.2) is 0 Å². The van der Waals surface area contributed by atoms with Crippen molar-refractivity contribution in [2.75, 3.05) is 13.7 Å². The zero-order chi connectivity index (χ0) is 12.1. The first-order valence-corrected chi connectivity index (χ1v) is 6.50. The number of halogens is 1. The number of nitrogens with one attached hydrogen (secondary N) is 1. The molecule has 0 fully saturated rings. The molecule has 2 unspecified atom stereocenters. The van der Waals surface area contributed by atoms with Crippen LogP contribution in [0.1, 0.15) is 17.8 Å². The summed E-state index contributed by atoms with van der Waals surface area (Å²) < 4.78 is 5.98. The summed E-state index contributed by atoms with van der Waals surface area (Å²) in [6.45, 7) is 2.27. The molecule has 0 saturated heterocycles. The van der Waals surface area contributed by atoms with Crippen LogP contribution in [0.4, 0.5) is 0 Å². The maximum absolute atomic E-state index is 11.2. The molecular weight excluding hydrogens is 292 g/mol. The van der Waals surface area contributed by atoms with Crippen LogP contribution in [0.5, 0.6) is 0 Å². The topological polar surface area (TPSA) is 64.3 Å². The molecule has 2 atom stereocenters. The molecule has 3 N–H and O–H groups in total. The molecule has 0 saturated carbocycles. The van der Waals surface area contributed by atoms with Crippen molar-refractivity contribution in [3.05, 3.63) is 20.8 Å². The number of ether oxygens (including phenoxy) is 1. The molecule has 0 aliphatic rings. The van der Waals surface area contributed by atoms with Gasteiger partial charge in [0.05, 0.1) is 6.61 Å². The first kappa shape index (κ1) is 13.6. The lowest BCUT2D eigenvalue weighted by molar-refractivity contribution is -0.121. The van der Waals surface area contributed by atoms with Gasteiger partial charge in [-0.05, 0) is 34.3 Å². The summed E-state index contributed by atoms with van der Waals surface area (Å²) in [5.74, 6) is -0.402. The molecule has 16 heavy (non-hydrogen) atoms. The Labute approximate surface area is 107 Å². The molecule has 4 nitrogen and oxygen atoms in total. The van der Waals surface area contributed by atoms with Crippen LogP contribution in [0.3, 0.4) is 0 Å². The van der Waals surface area contributed by atoms with Gasteiger partial charge in [0.15, 0.2) is 0 Å². The molecule has 0 aromatic carbocycles. The van der Waals surface area contributed by atoms with Gasteiger partial charge in [-0.15, -0.1) is 11.3 Å². The molecule has 0 aliphatic carbocycles. The van der Waals surface area contributed by atoms with Crippen LogP contribution in [-0.4, -0.2) is 25.7 Å². The van der Waals surface area contributed by atoms with Crippen molar-refractivity contribution in [2.24, 2.45) is 5.73 Å². The number of carbonyl (C=O) groups is 1. The Morgan fingerprint density at radius 1 is 1.75 bits per heavy atom. The van der Waals surface area contributed by atoms with Crippen LogP contribution < -0.4 is 11.1 Å². The second-order valence-corrected chi connectivity index (χ2v) is 5.23. The van der Waals surface area contributed by atoms with E-state index in [1.54, 1.807) is 18.4 Å². The number of thiophene rings is 1. The molecule has 0 aliphatic heterocycles.